The monoisotopic (exact) mass is 506 g/mol. The van der Waals surface area contributed by atoms with Gasteiger partial charge >= 0.3 is 12.1 Å². The molecule has 4 aromatic heterocycles. The third kappa shape index (κ3) is 4.78. The minimum Gasteiger partial charge on any atom is -0.466 e. The molecule has 5 heterocycles. The zero-order valence-electron chi connectivity index (χ0n) is 21.6. The van der Waals surface area contributed by atoms with Gasteiger partial charge in [-0.15, -0.1) is 0 Å². The minimum atomic E-state index is -0.754. The van der Waals surface area contributed by atoms with Crippen molar-refractivity contribution in [1.82, 2.24) is 38.8 Å². The summed E-state index contributed by atoms with van der Waals surface area (Å²) in [5, 5.41) is 8.86. The number of rotatable bonds is 6. The second kappa shape index (κ2) is 9.02. The molecule has 0 unspecified atom stereocenters. The average molecular weight is 507 g/mol. The van der Waals surface area contributed by atoms with Crippen molar-refractivity contribution >= 4 is 17.7 Å². The van der Waals surface area contributed by atoms with Crippen LogP contribution in [-0.4, -0.2) is 76.2 Å². The maximum atomic E-state index is 12.6. The Hall–Kier alpha value is -4.22. The number of hydrogen-bond donors (Lipinski definition) is 0. The molecule has 194 valence electrons. The van der Waals surface area contributed by atoms with Crippen LogP contribution in [0.5, 0.6) is 0 Å². The largest absolute Gasteiger partial charge is 0.466 e. The molecule has 0 radical (unpaired) electrons. The first-order valence-corrected chi connectivity index (χ1v) is 12.1. The number of hydrogen-bond acceptors (Lipinski definition) is 8. The summed E-state index contributed by atoms with van der Waals surface area (Å²) in [5.41, 5.74) is 1.71. The number of aryl methyl sites for hydroxylation is 1. The number of nitrogens with zero attached hydrogens (tertiary/aromatic N) is 8. The molecule has 0 N–H and O–H groups in total. The molecule has 1 amide bonds. The van der Waals surface area contributed by atoms with Crippen molar-refractivity contribution < 1.29 is 19.1 Å². The quantitative estimate of drug-likeness (QED) is 0.366. The Balaban J connectivity index is 1.48. The Morgan fingerprint density at radius 2 is 1.86 bits per heavy atom. The summed E-state index contributed by atoms with van der Waals surface area (Å²) in [6.07, 6.45) is 10.4. The van der Waals surface area contributed by atoms with E-state index in [9.17, 15) is 9.59 Å². The lowest BCUT2D eigenvalue weighted by Gasteiger charge is -2.49. The van der Waals surface area contributed by atoms with Gasteiger partial charge in [0, 0.05) is 43.5 Å². The van der Waals surface area contributed by atoms with E-state index in [2.05, 4.69) is 15.2 Å². The minimum absolute atomic E-state index is 0.0743. The van der Waals surface area contributed by atoms with E-state index in [0.717, 1.165) is 22.5 Å². The highest BCUT2D eigenvalue weighted by atomic mass is 16.6. The molecule has 0 aliphatic carbocycles. The van der Waals surface area contributed by atoms with E-state index in [4.69, 9.17) is 14.5 Å². The number of aromatic nitrogens is 7. The predicted molar refractivity (Wildman–Crippen MR) is 133 cm³/mol. The summed E-state index contributed by atoms with van der Waals surface area (Å²) >= 11 is 0. The first-order valence-electron chi connectivity index (χ1n) is 12.1. The molecule has 0 bridgehead atoms. The van der Waals surface area contributed by atoms with Crippen LogP contribution in [0.25, 0.3) is 28.3 Å². The van der Waals surface area contributed by atoms with Crippen LogP contribution in [0.4, 0.5) is 4.79 Å². The third-order valence-electron chi connectivity index (χ3n) is 6.12. The summed E-state index contributed by atoms with van der Waals surface area (Å²) in [6.45, 7) is 8.04. The number of amides is 1. The summed E-state index contributed by atoms with van der Waals surface area (Å²) < 4.78 is 16.1. The maximum absolute atomic E-state index is 12.6. The molecule has 0 saturated carbocycles. The van der Waals surface area contributed by atoms with Crippen molar-refractivity contribution in [3.05, 3.63) is 43.2 Å². The molecule has 0 aromatic carbocycles. The van der Waals surface area contributed by atoms with Gasteiger partial charge in [0.2, 0.25) is 0 Å². The van der Waals surface area contributed by atoms with Crippen LogP contribution in [0.2, 0.25) is 0 Å². The topological polar surface area (TPSA) is 122 Å². The van der Waals surface area contributed by atoms with Crippen molar-refractivity contribution in [2.75, 3.05) is 19.7 Å². The molecular formula is C25H30N8O4. The number of fused-ring (bicyclic) bond motifs is 1. The van der Waals surface area contributed by atoms with Crippen LogP contribution in [0, 0.1) is 0 Å². The van der Waals surface area contributed by atoms with Gasteiger partial charge in [-0.3, -0.25) is 18.6 Å². The lowest BCUT2D eigenvalue weighted by Crippen LogP contribution is -2.65. The van der Waals surface area contributed by atoms with Gasteiger partial charge in [0.25, 0.3) is 0 Å². The standard InChI is InChI=1S/C25H30N8O4/c1-6-36-21(34)10-25(15-31(16-25)23(35)37-24(2,3)4)33-14-18(12-28-33)22-29-19(17-11-27-30(5)13-17)9-20-26-7-8-32(20)22/h7-9,11-14H,6,10,15-16H2,1-5H3. The number of carbonyl (C=O) groups is 2. The smallest absolute Gasteiger partial charge is 0.410 e. The lowest BCUT2D eigenvalue weighted by molar-refractivity contribution is -0.149. The van der Waals surface area contributed by atoms with Gasteiger partial charge in [0.15, 0.2) is 0 Å². The first kappa shape index (κ1) is 24.5. The molecule has 1 fully saturated rings. The molecule has 12 nitrogen and oxygen atoms in total. The second-order valence-electron chi connectivity index (χ2n) is 10.2. The van der Waals surface area contributed by atoms with Crippen molar-refractivity contribution in [1.29, 1.82) is 0 Å². The van der Waals surface area contributed by atoms with Crippen LogP contribution in [0.3, 0.4) is 0 Å². The van der Waals surface area contributed by atoms with E-state index in [-0.39, 0.29) is 32.1 Å². The number of imidazole rings is 1. The van der Waals surface area contributed by atoms with Gasteiger partial charge in [0.05, 0.1) is 49.8 Å². The molecule has 5 rings (SSSR count). The molecule has 0 atom stereocenters. The maximum Gasteiger partial charge on any atom is 0.410 e. The zero-order valence-corrected chi connectivity index (χ0v) is 21.6. The highest BCUT2D eigenvalue weighted by molar-refractivity contribution is 5.74. The fraction of sp³-hybridized carbons (Fsp3) is 0.440. The van der Waals surface area contributed by atoms with E-state index >= 15 is 0 Å². The number of esters is 1. The lowest BCUT2D eigenvalue weighted by atomic mass is 9.86. The molecule has 12 heteroatoms. The van der Waals surface area contributed by atoms with Crippen molar-refractivity contribution in [2.45, 2.75) is 45.3 Å². The predicted octanol–water partition coefficient (Wildman–Crippen LogP) is 2.89. The number of likely N-dealkylation sites (tertiary alicyclic amines) is 1. The van der Waals surface area contributed by atoms with Gasteiger partial charge in [-0.1, -0.05) is 0 Å². The van der Waals surface area contributed by atoms with Crippen molar-refractivity contribution in [3.63, 3.8) is 0 Å². The van der Waals surface area contributed by atoms with Gasteiger partial charge < -0.3 is 14.4 Å². The van der Waals surface area contributed by atoms with Crippen LogP contribution in [0.1, 0.15) is 34.1 Å². The van der Waals surface area contributed by atoms with E-state index in [1.54, 1.807) is 39.8 Å². The van der Waals surface area contributed by atoms with Crippen LogP contribution < -0.4 is 0 Å². The van der Waals surface area contributed by atoms with E-state index in [1.807, 2.05) is 56.9 Å². The second-order valence-corrected chi connectivity index (χ2v) is 10.2. The van der Waals surface area contributed by atoms with Gasteiger partial charge in [-0.2, -0.15) is 10.2 Å². The van der Waals surface area contributed by atoms with E-state index < -0.39 is 17.2 Å². The Morgan fingerprint density at radius 3 is 2.54 bits per heavy atom. The molecule has 4 aromatic rings. The molecule has 0 spiro atoms. The van der Waals surface area contributed by atoms with Gasteiger partial charge in [0.1, 0.15) is 22.6 Å². The summed E-state index contributed by atoms with van der Waals surface area (Å²) in [6, 6.07) is 1.90. The molecular weight excluding hydrogens is 476 g/mol. The van der Waals surface area contributed by atoms with Crippen LogP contribution in [-0.2, 0) is 26.9 Å². The molecule has 1 aliphatic rings. The summed E-state index contributed by atoms with van der Waals surface area (Å²) in [7, 11) is 1.85. The molecule has 1 aliphatic heterocycles. The molecule has 1 saturated heterocycles. The van der Waals surface area contributed by atoms with Gasteiger partial charge in [-0.25, -0.2) is 14.8 Å². The number of ether oxygens (including phenoxy) is 2. The highest BCUT2D eigenvalue weighted by Crippen LogP contribution is 2.35. The third-order valence-corrected chi connectivity index (χ3v) is 6.12. The Kier molecular flexibility index (Phi) is 5.97. The van der Waals surface area contributed by atoms with Crippen molar-refractivity contribution in [3.8, 4) is 22.6 Å². The molecule has 37 heavy (non-hydrogen) atoms. The van der Waals surface area contributed by atoms with Crippen LogP contribution in [0.15, 0.2) is 43.2 Å². The number of carbonyl (C=O) groups excluding carboxylic acids is 2. The Labute approximate surface area is 213 Å². The normalized spacial score (nSPS) is 15.0. The zero-order chi connectivity index (χ0) is 26.4. The van der Waals surface area contributed by atoms with E-state index in [0.29, 0.717) is 5.82 Å². The summed E-state index contributed by atoms with van der Waals surface area (Å²) in [5.74, 6) is 0.298. The SMILES string of the molecule is CCOC(=O)CC1(n2cc(-c3nc(-c4cnn(C)c4)cc4nccn34)cn2)CN(C(=O)OC(C)(C)C)C1. The highest BCUT2D eigenvalue weighted by Gasteiger charge is 2.50. The summed E-state index contributed by atoms with van der Waals surface area (Å²) in [4.78, 5) is 36.0. The first-order chi connectivity index (χ1) is 17.6. The van der Waals surface area contributed by atoms with E-state index in [1.165, 1.54) is 0 Å². The Bertz CT molecular complexity index is 1450. The fourth-order valence-electron chi connectivity index (χ4n) is 4.46. The average Bonchev–Trinajstić information content (AvgIpc) is 3.54. The van der Waals surface area contributed by atoms with Crippen LogP contribution >= 0.6 is 0 Å². The fourth-order valence-corrected chi connectivity index (χ4v) is 4.46. The Morgan fingerprint density at radius 1 is 1.11 bits per heavy atom. The van der Waals surface area contributed by atoms with Crippen molar-refractivity contribution in [2.24, 2.45) is 7.05 Å². The van der Waals surface area contributed by atoms with Gasteiger partial charge in [-0.05, 0) is 27.7 Å².